The van der Waals surface area contributed by atoms with Gasteiger partial charge in [0.2, 0.25) is 6.79 Å². The van der Waals surface area contributed by atoms with Crippen molar-refractivity contribution in [2.45, 2.75) is 0 Å². The molecule has 0 spiro atoms. The number of hydrogen-bond donors (Lipinski definition) is 0. The second kappa shape index (κ2) is 4.60. The number of nitrogens with zero attached hydrogens (tertiary/aromatic N) is 2. The van der Waals surface area contributed by atoms with Crippen molar-refractivity contribution in [3.8, 4) is 17.6 Å². The van der Waals surface area contributed by atoms with E-state index in [1.165, 1.54) is 0 Å². The number of aromatic nitrogens is 1. The highest BCUT2D eigenvalue weighted by Crippen LogP contribution is 2.38. The van der Waals surface area contributed by atoms with Crippen LogP contribution in [-0.4, -0.2) is 17.7 Å². The zero-order valence-electron chi connectivity index (χ0n) is 11.2. The molecule has 6 heteroatoms. The van der Waals surface area contributed by atoms with E-state index >= 15 is 0 Å². The minimum Gasteiger partial charge on any atom is -0.454 e. The number of benzene rings is 1. The molecule has 0 N–H and O–H groups in total. The molecule has 2 aliphatic rings. The Morgan fingerprint density at radius 1 is 1.23 bits per heavy atom. The Bertz CT molecular complexity index is 880. The van der Waals surface area contributed by atoms with Gasteiger partial charge < -0.3 is 14.2 Å². The Kier molecular flexibility index (Phi) is 2.60. The van der Waals surface area contributed by atoms with Gasteiger partial charge in [0.05, 0.1) is 5.56 Å². The van der Waals surface area contributed by atoms with Crippen LogP contribution in [0.4, 0.5) is 0 Å². The standard InChI is InChI=1S/C16H8N2O4/c17-7-11(9-3-4-12-13(6-9)21-8-20-12)15-14-10(16(19)22-15)2-1-5-18-14/h1-6H,8H2/b15-11-. The molecule has 0 unspecified atom stereocenters. The third kappa shape index (κ3) is 1.73. The minimum absolute atomic E-state index is 0.149. The molecule has 6 nitrogen and oxygen atoms in total. The molecule has 0 aliphatic carbocycles. The predicted molar refractivity (Wildman–Crippen MR) is 74.6 cm³/mol. The number of carbonyl (C=O) groups is 1. The monoisotopic (exact) mass is 292 g/mol. The number of pyridine rings is 1. The van der Waals surface area contributed by atoms with E-state index < -0.39 is 5.97 Å². The van der Waals surface area contributed by atoms with Crippen LogP contribution in [0.1, 0.15) is 21.6 Å². The molecule has 3 heterocycles. The van der Waals surface area contributed by atoms with Gasteiger partial charge in [-0.15, -0.1) is 0 Å². The topological polar surface area (TPSA) is 81.4 Å². The van der Waals surface area contributed by atoms with E-state index in [1.807, 2.05) is 0 Å². The van der Waals surface area contributed by atoms with Gasteiger partial charge >= 0.3 is 5.97 Å². The molecular formula is C16H8N2O4. The number of carbonyl (C=O) groups excluding carboxylic acids is 1. The van der Waals surface area contributed by atoms with Gasteiger partial charge in [-0.2, -0.15) is 5.26 Å². The second-order valence-corrected chi connectivity index (χ2v) is 4.67. The Morgan fingerprint density at radius 3 is 2.95 bits per heavy atom. The van der Waals surface area contributed by atoms with Crippen molar-refractivity contribution in [1.82, 2.24) is 4.98 Å². The quantitative estimate of drug-likeness (QED) is 0.593. The smallest absolute Gasteiger partial charge is 0.346 e. The highest BCUT2D eigenvalue weighted by molar-refractivity contribution is 6.09. The van der Waals surface area contributed by atoms with Gasteiger partial charge in [0.25, 0.3) is 0 Å². The minimum atomic E-state index is -0.508. The van der Waals surface area contributed by atoms with E-state index in [4.69, 9.17) is 14.2 Å². The molecule has 1 aromatic heterocycles. The molecule has 1 aromatic carbocycles. The van der Waals surface area contributed by atoms with Crippen molar-refractivity contribution in [3.63, 3.8) is 0 Å². The molecule has 0 amide bonds. The molecule has 0 radical (unpaired) electrons. The van der Waals surface area contributed by atoms with E-state index in [0.29, 0.717) is 28.3 Å². The van der Waals surface area contributed by atoms with Crippen LogP contribution in [0.15, 0.2) is 36.5 Å². The van der Waals surface area contributed by atoms with E-state index in [-0.39, 0.29) is 18.1 Å². The highest BCUT2D eigenvalue weighted by atomic mass is 16.7. The highest BCUT2D eigenvalue weighted by Gasteiger charge is 2.31. The van der Waals surface area contributed by atoms with Crippen molar-refractivity contribution in [2.75, 3.05) is 6.79 Å². The van der Waals surface area contributed by atoms with E-state index in [1.54, 1.807) is 36.5 Å². The van der Waals surface area contributed by atoms with Crippen LogP contribution in [0.25, 0.3) is 11.3 Å². The van der Waals surface area contributed by atoms with Crippen molar-refractivity contribution >= 4 is 17.3 Å². The average molecular weight is 292 g/mol. The van der Waals surface area contributed by atoms with Crippen molar-refractivity contribution < 1.29 is 19.0 Å². The lowest BCUT2D eigenvalue weighted by atomic mass is 10.0. The Hall–Kier alpha value is -3.33. The summed E-state index contributed by atoms with van der Waals surface area (Å²) in [5.74, 6) is 0.831. The van der Waals surface area contributed by atoms with Gasteiger partial charge in [0.15, 0.2) is 17.3 Å². The molecule has 0 bridgehead atoms. The average Bonchev–Trinajstić information content (AvgIpc) is 3.14. The molecule has 0 fully saturated rings. The van der Waals surface area contributed by atoms with E-state index in [0.717, 1.165) is 0 Å². The number of ether oxygens (including phenoxy) is 3. The third-order valence-electron chi connectivity index (χ3n) is 3.44. The number of fused-ring (bicyclic) bond motifs is 2. The van der Waals surface area contributed by atoms with E-state index in [9.17, 15) is 10.1 Å². The molecule has 0 saturated carbocycles. The second-order valence-electron chi connectivity index (χ2n) is 4.67. The summed E-state index contributed by atoms with van der Waals surface area (Å²) < 4.78 is 15.8. The number of rotatable bonds is 1. The van der Waals surface area contributed by atoms with Crippen LogP contribution in [0.3, 0.4) is 0 Å². The number of cyclic esters (lactones) is 1. The van der Waals surface area contributed by atoms with Crippen LogP contribution in [0.2, 0.25) is 0 Å². The van der Waals surface area contributed by atoms with E-state index in [2.05, 4.69) is 11.1 Å². The summed E-state index contributed by atoms with van der Waals surface area (Å²) >= 11 is 0. The number of nitriles is 1. The summed E-state index contributed by atoms with van der Waals surface area (Å²) in [6.45, 7) is 0.149. The molecule has 106 valence electrons. The summed E-state index contributed by atoms with van der Waals surface area (Å²) in [7, 11) is 0. The van der Waals surface area contributed by atoms with Crippen LogP contribution < -0.4 is 9.47 Å². The van der Waals surface area contributed by atoms with Gasteiger partial charge in [0.1, 0.15) is 17.3 Å². The zero-order chi connectivity index (χ0) is 15.1. The molecule has 0 atom stereocenters. The fourth-order valence-corrected chi connectivity index (χ4v) is 2.41. The Labute approximate surface area is 125 Å². The first-order valence-electron chi connectivity index (χ1n) is 6.50. The zero-order valence-corrected chi connectivity index (χ0v) is 11.2. The maximum absolute atomic E-state index is 11.9. The number of hydrogen-bond acceptors (Lipinski definition) is 6. The lowest BCUT2D eigenvalue weighted by molar-refractivity contribution is 0.0716. The largest absolute Gasteiger partial charge is 0.454 e. The molecule has 0 saturated heterocycles. The van der Waals surface area contributed by atoms with Gasteiger partial charge in [-0.25, -0.2) is 4.79 Å². The van der Waals surface area contributed by atoms with Crippen molar-refractivity contribution in [2.24, 2.45) is 0 Å². The van der Waals surface area contributed by atoms with Crippen molar-refractivity contribution in [3.05, 3.63) is 53.3 Å². The molecule has 4 rings (SSSR count). The fourth-order valence-electron chi connectivity index (χ4n) is 2.41. The van der Waals surface area contributed by atoms with Gasteiger partial charge in [-0.1, -0.05) is 0 Å². The normalized spacial score (nSPS) is 16.8. The van der Waals surface area contributed by atoms with Crippen LogP contribution in [0, 0.1) is 11.3 Å². The van der Waals surface area contributed by atoms with Crippen molar-refractivity contribution in [1.29, 1.82) is 5.26 Å². The first kappa shape index (κ1) is 12.4. The Morgan fingerprint density at radius 2 is 2.09 bits per heavy atom. The van der Waals surface area contributed by atoms with Crippen LogP contribution in [-0.2, 0) is 4.74 Å². The predicted octanol–water partition coefficient (Wildman–Crippen LogP) is 2.37. The summed E-state index contributed by atoms with van der Waals surface area (Å²) in [4.78, 5) is 16.0. The maximum atomic E-state index is 11.9. The third-order valence-corrected chi connectivity index (χ3v) is 3.44. The summed E-state index contributed by atoms with van der Waals surface area (Å²) in [5, 5.41) is 9.50. The first-order valence-corrected chi connectivity index (χ1v) is 6.50. The molecule has 22 heavy (non-hydrogen) atoms. The molecular weight excluding hydrogens is 284 g/mol. The lowest BCUT2D eigenvalue weighted by Crippen LogP contribution is -1.94. The SMILES string of the molecule is N#C/C(=C1/OC(=O)c2cccnc21)c1ccc2c(c1)OCO2. The maximum Gasteiger partial charge on any atom is 0.346 e. The Balaban J connectivity index is 1.90. The van der Waals surface area contributed by atoms with Crippen LogP contribution >= 0.6 is 0 Å². The number of esters is 1. The number of allylic oxidation sites excluding steroid dienone is 1. The fraction of sp³-hybridized carbons (Fsp3) is 0.0625. The first-order chi connectivity index (χ1) is 10.8. The van der Waals surface area contributed by atoms with Crippen LogP contribution in [0.5, 0.6) is 11.5 Å². The lowest BCUT2D eigenvalue weighted by Gasteiger charge is -2.05. The summed E-state index contributed by atoms with van der Waals surface area (Å²) in [6.07, 6.45) is 1.55. The van der Waals surface area contributed by atoms with Gasteiger partial charge in [-0.3, -0.25) is 4.98 Å². The molecule has 2 aromatic rings. The molecule has 2 aliphatic heterocycles. The summed E-state index contributed by atoms with van der Waals surface area (Å²) in [5.41, 5.74) is 1.53. The van der Waals surface area contributed by atoms with Gasteiger partial charge in [-0.05, 0) is 30.3 Å². The summed E-state index contributed by atoms with van der Waals surface area (Å²) in [6, 6.07) is 10.5. The van der Waals surface area contributed by atoms with Gasteiger partial charge in [0, 0.05) is 11.8 Å².